The number of rotatable bonds is 11. The molecule has 1 aromatic heterocycles. The Morgan fingerprint density at radius 2 is 1.32 bits per heavy atom. The first kappa shape index (κ1) is 43.7. The third kappa shape index (κ3) is 8.34. The number of benzene rings is 2. The summed E-state index contributed by atoms with van der Waals surface area (Å²) in [7, 11) is 2.60. The standard InChI is InChI=1S/C50H61N7O6/c1-28(2)43(54-48(60)62-7)46(58)56-26-30(5)21-40(56)38-23-34(24-51-38)35-15-16-36(42-37(35)17-20-50(42)18-9-10-19-50)32-11-13-33(14-12-32)39-25-52-45(53-39)41-22-31(6)27-57(41)47(59)44(29(3)4)55-49(61)63-8/h11-16,21-22,24-25,28-29,40-41,43-44H,9-10,17-20,23,26-27H2,1-8H3,(H,52,53)(H,54,60)(H,55,61)/t40-,41-,43-,44-/m0/s1. The van der Waals surface area contributed by atoms with E-state index in [1.807, 2.05) is 58.8 Å². The second kappa shape index (κ2) is 17.7. The number of ether oxygens (including phenoxy) is 2. The maximum atomic E-state index is 14.0. The van der Waals surface area contributed by atoms with Gasteiger partial charge in [0, 0.05) is 31.4 Å². The van der Waals surface area contributed by atoms with E-state index < -0.39 is 24.3 Å². The number of carbonyl (C=O) groups is 4. The molecule has 3 N–H and O–H groups in total. The molecule has 3 aliphatic heterocycles. The molecular weight excluding hydrogens is 795 g/mol. The number of nitrogens with zero attached hydrogens (tertiary/aromatic N) is 4. The number of aliphatic imine (C=N–C) groups is 1. The first-order chi connectivity index (χ1) is 30.2. The summed E-state index contributed by atoms with van der Waals surface area (Å²) in [5, 5.41) is 5.47. The van der Waals surface area contributed by atoms with E-state index in [0.29, 0.717) is 25.3 Å². The summed E-state index contributed by atoms with van der Waals surface area (Å²) in [5.41, 5.74) is 12.9. The van der Waals surface area contributed by atoms with Crippen LogP contribution in [0.15, 0.2) is 77.1 Å². The quantitative estimate of drug-likeness (QED) is 0.163. The van der Waals surface area contributed by atoms with Gasteiger partial charge >= 0.3 is 12.2 Å². The lowest BCUT2D eigenvalue weighted by Gasteiger charge is -2.31. The van der Waals surface area contributed by atoms with Gasteiger partial charge in [-0.2, -0.15) is 0 Å². The maximum absolute atomic E-state index is 14.0. The Morgan fingerprint density at radius 3 is 1.90 bits per heavy atom. The number of aromatic amines is 1. The Kier molecular flexibility index (Phi) is 12.2. The van der Waals surface area contributed by atoms with Crippen molar-refractivity contribution in [3.8, 4) is 22.4 Å². The van der Waals surface area contributed by atoms with Crippen LogP contribution in [0.5, 0.6) is 0 Å². The third-order valence-corrected chi connectivity index (χ3v) is 13.8. The van der Waals surface area contributed by atoms with Crippen molar-refractivity contribution in [2.45, 2.75) is 116 Å². The van der Waals surface area contributed by atoms with Crippen molar-refractivity contribution >= 4 is 35.3 Å². The number of imidazole rings is 1. The van der Waals surface area contributed by atoms with Gasteiger partial charge in [-0.25, -0.2) is 14.6 Å². The smallest absolute Gasteiger partial charge is 0.407 e. The van der Waals surface area contributed by atoms with Crippen LogP contribution in [0.3, 0.4) is 0 Å². The Hall–Kier alpha value is -5.98. The van der Waals surface area contributed by atoms with Gasteiger partial charge in [0.25, 0.3) is 0 Å². The van der Waals surface area contributed by atoms with Gasteiger partial charge < -0.3 is 34.9 Å². The molecule has 2 aliphatic carbocycles. The molecule has 0 saturated heterocycles. The molecule has 13 nitrogen and oxygen atoms in total. The number of hydrogen-bond acceptors (Lipinski definition) is 8. The van der Waals surface area contributed by atoms with Crippen molar-refractivity contribution < 1.29 is 28.7 Å². The van der Waals surface area contributed by atoms with Gasteiger partial charge in [-0.15, -0.1) is 0 Å². The SMILES string of the molecule is COC(=O)N[C@H](C(=O)N1CC(C)=C[C@H]1C1=NC=C(c2ccc(-c3ccc(-c4cnc([C@@H]5C=C(C)CN5C(=O)[C@@H](NC(=O)OC)C(C)C)[nH]4)cc3)c3c2CCC32CCCC2)C1)C(C)C. The highest BCUT2D eigenvalue weighted by atomic mass is 16.5. The Bertz CT molecular complexity index is 2420. The second-order valence-electron chi connectivity index (χ2n) is 18.8. The van der Waals surface area contributed by atoms with Crippen LogP contribution in [0.25, 0.3) is 28.0 Å². The van der Waals surface area contributed by atoms with Crippen LogP contribution in [0.1, 0.15) is 109 Å². The molecule has 1 spiro atoms. The predicted octanol–water partition coefficient (Wildman–Crippen LogP) is 8.44. The van der Waals surface area contributed by atoms with Crippen LogP contribution >= 0.6 is 0 Å². The Morgan fingerprint density at radius 1 is 0.762 bits per heavy atom. The number of carbonyl (C=O) groups excluding carboxylic acids is 4. The first-order valence-electron chi connectivity index (χ1n) is 22.4. The van der Waals surface area contributed by atoms with E-state index in [1.165, 1.54) is 73.3 Å². The fourth-order valence-corrected chi connectivity index (χ4v) is 10.6. The number of fused-ring (bicyclic) bond motifs is 2. The number of hydrogen-bond donors (Lipinski definition) is 3. The van der Waals surface area contributed by atoms with Crippen LogP contribution < -0.4 is 10.6 Å². The highest BCUT2D eigenvalue weighted by molar-refractivity contribution is 6.05. The zero-order valence-electron chi connectivity index (χ0n) is 37.8. The number of nitrogens with one attached hydrogen (secondary N) is 3. The summed E-state index contributed by atoms with van der Waals surface area (Å²) in [6.45, 7) is 12.6. The fourth-order valence-electron chi connectivity index (χ4n) is 10.6. The summed E-state index contributed by atoms with van der Waals surface area (Å²) < 4.78 is 9.65. The van der Waals surface area contributed by atoms with Crippen molar-refractivity contribution in [3.05, 3.63) is 94.6 Å². The summed E-state index contributed by atoms with van der Waals surface area (Å²) in [6, 6.07) is 11.2. The summed E-state index contributed by atoms with van der Waals surface area (Å²) in [6.07, 6.45) is 14.4. The molecular formula is C50H61N7O6. The molecule has 8 rings (SSSR count). The predicted molar refractivity (Wildman–Crippen MR) is 244 cm³/mol. The van der Waals surface area contributed by atoms with Crippen molar-refractivity contribution in [2.75, 3.05) is 27.3 Å². The molecule has 1 fully saturated rings. The molecule has 4 heterocycles. The number of H-pyrrole nitrogens is 1. The molecule has 0 radical (unpaired) electrons. The maximum Gasteiger partial charge on any atom is 0.407 e. The normalized spacial score (nSPS) is 21.0. The molecule has 3 aromatic rings. The minimum atomic E-state index is -0.732. The third-order valence-electron chi connectivity index (χ3n) is 13.8. The van der Waals surface area contributed by atoms with Crippen LogP contribution in [0.2, 0.25) is 0 Å². The number of allylic oxidation sites excluding steroid dienone is 1. The average molecular weight is 856 g/mol. The van der Waals surface area contributed by atoms with Crippen molar-refractivity contribution in [1.29, 1.82) is 0 Å². The lowest BCUT2D eigenvalue weighted by Crippen LogP contribution is -2.54. The largest absolute Gasteiger partial charge is 0.453 e. The van der Waals surface area contributed by atoms with E-state index in [-0.39, 0.29) is 41.1 Å². The molecule has 4 amide bonds. The van der Waals surface area contributed by atoms with E-state index in [4.69, 9.17) is 19.5 Å². The first-order valence-corrected chi connectivity index (χ1v) is 22.4. The summed E-state index contributed by atoms with van der Waals surface area (Å²) in [5.74, 6) is 0.0919. The topological polar surface area (TPSA) is 158 Å². The lowest BCUT2D eigenvalue weighted by molar-refractivity contribution is -0.135. The number of amides is 4. The number of aromatic nitrogens is 2. The molecule has 1 saturated carbocycles. The van der Waals surface area contributed by atoms with E-state index in [2.05, 4.69) is 64.2 Å². The van der Waals surface area contributed by atoms with E-state index >= 15 is 0 Å². The van der Waals surface area contributed by atoms with Gasteiger partial charge in [0.1, 0.15) is 23.9 Å². The lowest BCUT2D eigenvalue weighted by atomic mass is 9.76. The van der Waals surface area contributed by atoms with Gasteiger partial charge in [0.2, 0.25) is 11.8 Å². The van der Waals surface area contributed by atoms with Crippen molar-refractivity contribution in [2.24, 2.45) is 16.8 Å². The molecule has 63 heavy (non-hydrogen) atoms. The van der Waals surface area contributed by atoms with Gasteiger partial charge in [0.15, 0.2) is 0 Å². The summed E-state index contributed by atoms with van der Waals surface area (Å²) in [4.78, 5) is 68.9. The molecule has 0 bridgehead atoms. The minimum absolute atomic E-state index is 0.118. The van der Waals surface area contributed by atoms with Crippen LogP contribution in [-0.4, -0.2) is 94.9 Å². The average Bonchev–Trinajstić information content (AvgIpc) is 4.14. The van der Waals surface area contributed by atoms with Gasteiger partial charge in [-0.05, 0) is 95.7 Å². The van der Waals surface area contributed by atoms with Gasteiger partial charge in [-0.1, -0.05) is 100 Å². The van der Waals surface area contributed by atoms with E-state index in [9.17, 15) is 19.2 Å². The monoisotopic (exact) mass is 855 g/mol. The van der Waals surface area contributed by atoms with Crippen LogP contribution in [0, 0.1) is 11.8 Å². The van der Waals surface area contributed by atoms with Crippen molar-refractivity contribution in [1.82, 2.24) is 30.4 Å². The van der Waals surface area contributed by atoms with Crippen LogP contribution in [0.4, 0.5) is 9.59 Å². The van der Waals surface area contributed by atoms with Crippen LogP contribution in [-0.2, 0) is 30.9 Å². The molecule has 0 unspecified atom stereocenters. The minimum Gasteiger partial charge on any atom is -0.453 e. The van der Waals surface area contributed by atoms with Crippen molar-refractivity contribution in [3.63, 3.8) is 0 Å². The van der Waals surface area contributed by atoms with E-state index in [1.54, 1.807) is 4.90 Å². The Labute approximate surface area is 370 Å². The molecule has 2 aromatic carbocycles. The molecule has 332 valence electrons. The van der Waals surface area contributed by atoms with Gasteiger partial charge in [0.05, 0.1) is 32.2 Å². The molecule has 4 atom stereocenters. The molecule has 13 heteroatoms. The second-order valence-corrected chi connectivity index (χ2v) is 18.8. The molecule has 5 aliphatic rings. The zero-order valence-corrected chi connectivity index (χ0v) is 37.8. The number of methoxy groups -OCH3 is 2. The fraction of sp³-hybridized carbons (Fsp3) is 0.480. The highest BCUT2D eigenvalue weighted by Gasteiger charge is 2.45. The number of alkyl carbamates (subject to hydrolysis) is 2. The zero-order chi connectivity index (χ0) is 44.7. The van der Waals surface area contributed by atoms with E-state index in [0.717, 1.165) is 41.0 Å². The summed E-state index contributed by atoms with van der Waals surface area (Å²) >= 11 is 0. The highest BCUT2D eigenvalue weighted by Crippen LogP contribution is 2.55. The Balaban J connectivity index is 1.03. The van der Waals surface area contributed by atoms with Gasteiger partial charge in [-0.3, -0.25) is 14.6 Å².